The summed E-state index contributed by atoms with van der Waals surface area (Å²) in [6.45, 7) is 2.28. The quantitative estimate of drug-likeness (QED) is 0.429. The smallest absolute Gasteiger partial charge is 0.131 e. The Morgan fingerprint density at radius 2 is 1.69 bits per heavy atom. The van der Waals surface area contributed by atoms with Gasteiger partial charge in [0.2, 0.25) is 0 Å². The summed E-state index contributed by atoms with van der Waals surface area (Å²) >= 11 is 0. The van der Waals surface area contributed by atoms with Gasteiger partial charge in [0, 0.05) is 5.56 Å². The number of halogens is 2. The van der Waals surface area contributed by atoms with Gasteiger partial charge in [0.05, 0.1) is 0 Å². The molecule has 0 spiro atoms. The standard InChI is InChI=1S/C27H34F2/c1-2-3-4-6-19-9-10-21-16-22(12-11-20(21)15-19)23-13-14-26(27(29)18-23)24-7-5-8-25(28)17-24/h5,7-8,13-14,17-22H,2-4,6,9-12,15-16H2,1H3/t19?,20-,21-,22-/m1/s1. The van der Waals surface area contributed by atoms with Gasteiger partial charge in [-0.25, -0.2) is 8.78 Å². The Kier molecular flexibility index (Phi) is 6.67. The van der Waals surface area contributed by atoms with E-state index in [9.17, 15) is 8.78 Å². The number of hydrogen-bond acceptors (Lipinski definition) is 0. The van der Waals surface area contributed by atoms with E-state index in [2.05, 4.69) is 13.0 Å². The van der Waals surface area contributed by atoms with Crippen LogP contribution in [0.4, 0.5) is 8.78 Å². The second kappa shape index (κ2) is 9.41. The first-order valence-corrected chi connectivity index (χ1v) is 11.7. The Hall–Kier alpha value is -1.70. The summed E-state index contributed by atoms with van der Waals surface area (Å²) in [5.74, 6) is 2.58. The highest BCUT2D eigenvalue weighted by molar-refractivity contribution is 5.64. The Morgan fingerprint density at radius 1 is 0.862 bits per heavy atom. The topological polar surface area (TPSA) is 0 Å². The van der Waals surface area contributed by atoms with Crippen LogP contribution in [-0.2, 0) is 0 Å². The molecule has 0 heterocycles. The molecular formula is C27H34F2. The molecule has 1 unspecified atom stereocenters. The van der Waals surface area contributed by atoms with Crippen molar-refractivity contribution in [1.29, 1.82) is 0 Å². The van der Waals surface area contributed by atoms with Crippen LogP contribution in [0.5, 0.6) is 0 Å². The molecule has 0 saturated heterocycles. The van der Waals surface area contributed by atoms with Crippen LogP contribution in [-0.4, -0.2) is 0 Å². The molecule has 0 radical (unpaired) electrons. The van der Waals surface area contributed by atoms with E-state index in [0.29, 0.717) is 17.0 Å². The molecule has 29 heavy (non-hydrogen) atoms. The van der Waals surface area contributed by atoms with Gasteiger partial charge in [-0.05, 0) is 85.1 Å². The van der Waals surface area contributed by atoms with E-state index in [-0.39, 0.29) is 11.6 Å². The summed E-state index contributed by atoms with van der Waals surface area (Å²) < 4.78 is 28.3. The van der Waals surface area contributed by atoms with Gasteiger partial charge in [-0.15, -0.1) is 0 Å². The van der Waals surface area contributed by atoms with E-state index < -0.39 is 0 Å². The predicted octanol–water partition coefficient (Wildman–Crippen LogP) is 8.51. The number of unbranched alkanes of at least 4 members (excludes halogenated alkanes) is 2. The van der Waals surface area contributed by atoms with Crippen LogP contribution < -0.4 is 0 Å². The maximum Gasteiger partial charge on any atom is 0.131 e. The van der Waals surface area contributed by atoms with Crippen LogP contribution in [0.1, 0.15) is 82.6 Å². The molecule has 4 atom stereocenters. The van der Waals surface area contributed by atoms with Crippen molar-refractivity contribution in [2.24, 2.45) is 17.8 Å². The van der Waals surface area contributed by atoms with E-state index in [0.717, 1.165) is 23.3 Å². The molecule has 0 bridgehead atoms. The maximum absolute atomic E-state index is 14.8. The maximum atomic E-state index is 14.8. The fourth-order valence-electron chi connectivity index (χ4n) is 5.91. The zero-order valence-corrected chi connectivity index (χ0v) is 17.7. The molecule has 2 heteroatoms. The van der Waals surface area contributed by atoms with E-state index in [4.69, 9.17) is 0 Å². The van der Waals surface area contributed by atoms with E-state index >= 15 is 0 Å². The molecular weight excluding hydrogens is 362 g/mol. The lowest BCUT2D eigenvalue weighted by Gasteiger charge is -2.42. The van der Waals surface area contributed by atoms with Crippen LogP contribution in [0.15, 0.2) is 42.5 Å². The number of hydrogen-bond donors (Lipinski definition) is 0. The van der Waals surface area contributed by atoms with Gasteiger partial charge < -0.3 is 0 Å². The molecule has 0 aliphatic heterocycles. The Balaban J connectivity index is 1.39. The molecule has 2 aliphatic rings. The molecule has 0 N–H and O–H groups in total. The minimum absolute atomic E-state index is 0.227. The average Bonchev–Trinajstić information content (AvgIpc) is 2.73. The first-order valence-electron chi connectivity index (χ1n) is 11.7. The lowest BCUT2D eigenvalue weighted by atomic mass is 9.63. The molecule has 2 saturated carbocycles. The molecule has 0 amide bonds. The van der Waals surface area contributed by atoms with Crippen molar-refractivity contribution in [1.82, 2.24) is 0 Å². The summed E-state index contributed by atoms with van der Waals surface area (Å²) in [5, 5.41) is 0. The molecule has 2 aliphatic carbocycles. The van der Waals surface area contributed by atoms with Crippen LogP contribution in [0.25, 0.3) is 11.1 Å². The lowest BCUT2D eigenvalue weighted by molar-refractivity contribution is 0.113. The normalized spacial score (nSPS) is 26.9. The summed E-state index contributed by atoms with van der Waals surface area (Å²) in [5.41, 5.74) is 2.24. The van der Waals surface area contributed by atoms with Gasteiger partial charge in [-0.2, -0.15) is 0 Å². The molecule has 4 rings (SSSR count). The van der Waals surface area contributed by atoms with Crippen molar-refractivity contribution in [2.45, 2.75) is 77.0 Å². The van der Waals surface area contributed by atoms with E-state index in [1.54, 1.807) is 18.2 Å². The molecule has 2 fully saturated rings. The van der Waals surface area contributed by atoms with Crippen molar-refractivity contribution in [3.05, 3.63) is 59.7 Å². The second-order valence-electron chi connectivity index (χ2n) is 9.45. The third kappa shape index (κ3) is 4.90. The second-order valence-corrected chi connectivity index (χ2v) is 9.45. The molecule has 2 aromatic carbocycles. The van der Waals surface area contributed by atoms with Crippen molar-refractivity contribution in [2.75, 3.05) is 0 Å². The number of benzene rings is 2. The zero-order valence-electron chi connectivity index (χ0n) is 17.7. The third-order valence-corrected chi connectivity index (χ3v) is 7.54. The van der Waals surface area contributed by atoms with E-state index in [1.807, 2.05) is 6.07 Å². The highest BCUT2D eigenvalue weighted by Gasteiger charge is 2.35. The summed E-state index contributed by atoms with van der Waals surface area (Å²) in [4.78, 5) is 0. The van der Waals surface area contributed by atoms with Gasteiger partial charge in [-0.1, -0.05) is 63.3 Å². The van der Waals surface area contributed by atoms with Gasteiger partial charge >= 0.3 is 0 Å². The van der Waals surface area contributed by atoms with Crippen LogP contribution in [0, 0.1) is 29.4 Å². The highest BCUT2D eigenvalue weighted by atomic mass is 19.1. The van der Waals surface area contributed by atoms with E-state index in [1.165, 1.54) is 76.3 Å². The fourth-order valence-corrected chi connectivity index (χ4v) is 5.91. The first kappa shape index (κ1) is 20.6. The van der Waals surface area contributed by atoms with Crippen molar-refractivity contribution in [3.63, 3.8) is 0 Å². The van der Waals surface area contributed by atoms with Crippen molar-refractivity contribution < 1.29 is 8.78 Å². The molecule has 0 aromatic heterocycles. The molecule has 0 nitrogen and oxygen atoms in total. The molecule has 156 valence electrons. The van der Waals surface area contributed by atoms with Gasteiger partial charge in [0.1, 0.15) is 11.6 Å². The summed E-state index contributed by atoms with van der Waals surface area (Å²) in [6.07, 6.45) is 13.4. The third-order valence-electron chi connectivity index (χ3n) is 7.54. The number of rotatable bonds is 6. The predicted molar refractivity (Wildman–Crippen MR) is 117 cm³/mol. The van der Waals surface area contributed by atoms with Gasteiger partial charge in [0.15, 0.2) is 0 Å². The van der Waals surface area contributed by atoms with Crippen molar-refractivity contribution in [3.8, 4) is 11.1 Å². The van der Waals surface area contributed by atoms with Crippen LogP contribution in [0.3, 0.4) is 0 Å². The van der Waals surface area contributed by atoms with Gasteiger partial charge in [0.25, 0.3) is 0 Å². The minimum Gasteiger partial charge on any atom is -0.207 e. The Morgan fingerprint density at radius 3 is 2.48 bits per heavy atom. The number of fused-ring (bicyclic) bond motifs is 1. The lowest BCUT2D eigenvalue weighted by Crippen LogP contribution is -2.30. The van der Waals surface area contributed by atoms with Crippen LogP contribution in [0.2, 0.25) is 0 Å². The van der Waals surface area contributed by atoms with Crippen LogP contribution >= 0.6 is 0 Å². The summed E-state index contributed by atoms with van der Waals surface area (Å²) in [7, 11) is 0. The minimum atomic E-state index is -0.324. The van der Waals surface area contributed by atoms with Crippen molar-refractivity contribution >= 4 is 0 Å². The largest absolute Gasteiger partial charge is 0.207 e. The Bertz CT molecular complexity index is 812. The Labute approximate surface area is 174 Å². The average molecular weight is 397 g/mol. The fraction of sp³-hybridized carbons (Fsp3) is 0.556. The SMILES string of the molecule is CCCCCC1CC[C@@H]2C[C@H](c3ccc(-c4cccc(F)c4)c(F)c3)CC[C@@H]2C1. The summed E-state index contributed by atoms with van der Waals surface area (Å²) in [6, 6.07) is 11.8. The highest BCUT2D eigenvalue weighted by Crippen LogP contribution is 2.48. The first-order chi connectivity index (χ1) is 14.1. The zero-order chi connectivity index (χ0) is 20.2. The molecule has 2 aromatic rings. The van der Waals surface area contributed by atoms with Gasteiger partial charge in [-0.3, -0.25) is 0 Å². The monoisotopic (exact) mass is 396 g/mol.